The third-order valence-electron chi connectivity index (χ3n) is 4.73. The largest absolute Gasteiger partial charge is 0.321 e. The Morgan fingerprint density at radius 3 is 2.36 bits per heavy atom. The summed E-state index contributed by atoms with van der Waals surface area (Å²) in [5, 5.41) is 3.04. The number of benzene rings is 2. The van der Waals surface area contributed by atoms with E-state index in [0.29, 0.717) is 5.56 Å². The zero-order valence-corrected chi connectivity index (χ0v) is 15.7. The molecule has 0 bridgehead atoms. The molecule has 3 heterocycles. The first-order valence-corrected chi connectivity index (χ1v) is 9.90. The maximum absolute atomic E-state index is 12.8. The predicted octanol–water partition coefficient (Wildman–Crippen LogP) is 5.99. The van der Waals surface area contributed by atoms with Crippen molar-refractivity contribution in [2.75, 3.05) is 0 Å². The number of nitrogens with one attached hydrogen (secondary N) is 1. The number of hydrogen-bond acceptors (Lipinski definition) is 3. The molecule has 0 aliphatic heterocycles. The van der Waals surface area contributed by atoms with E-state index in [2.05, 4.69) is 11.1 Å². The van der Waals surface area contributed by atoms with Gasteiger partial charge in [-0.15, -0.1) is 11.3 Å². The van der Waals surface area contributed by atoms with Crippen LogP contribution in [0, 0.1) is 0 Å². The van der Waals surface area contributed by atoms with Gasteiger partial charge in [0.15, 0.2) is 0 Å². The minimum absolute atomic E-state index is 0.0963. The first kappa shape index (κ1) is 16.7. The number of fused-ring (bicyclic) bond motifs is 1. The standard InChI is InChI=1S/C24H16N2OS/c27-24-19(13-17-9-4-5-10-20(17)26-24)18-14-21(16-7-2-1-3-8-16)25-22(15-18)23-11-6-12-28-23/h1-15H,(H,26,27). The molecule has 3 aromatic heterocycles. The van der Waals surface area contributed by atoms with Gasteiger partial charge in [-0.1, -0.05) is 54.6 Å². The molecule has 4 heteroatoms. The van der Waals surface area contributed by atoms with Gasteiger partial charge in [0.2, 0.25) is 0 Å². The van der Waals surface area contributed by atoms with Crippen molar-refractivity contribution in [2.24, 2.45) is 0 Å². The summed E-state index contributed by atoms with van der Waals surface area (Å²) in [6, 6.07) is 27.9. The minimum atomic E-state index is -0.0963. The molecule has 0 saturated carbocycles. The van der Waals surface area contributed by atoms with Crippen molar-refractivity contribution in [3.05, 3.63) is 101 Å². The Morgan fingerprint density at radius 2 is 1.54 bits per heavy atom. The van der Waals surface area contributed by atoms with Crippen molar-refractivity contribution >= 4 is 22.2 Å². The molecule has 2 aromatic carbocycles. The van der Waals surface area contributed by atoms with Crippen LogP contribution in [0.4, 0.5) is 0 Å². The summed E-state index contributed by atoms with van der Waals surface area (Å²) < 4.78 is 0. The van der Waals surface area contributed by atoms with Crippen LogP contribution in [-0.2, 0) is 0 Å². The van der Waals surface area contributed by atoms with Crippen molar-refractivity contribution in [2.45, 2.75) is 0 Å². The molecule has 3 nitrogen and oxygen atoms in total. The molecule has 1 N–H and O–H groups in total. The van der Waals surface area contributed by atoms with E-state index in [4.69, 9.17) is 4.98 Å². The summed E-state index contributed by atoms with van der Waals surface area (Å²) in [5.74, 6) is 0. The number of thiophene rings is 1. The first-order chi connectivity index (χ1) is 13.8. The summed E-state index contributed by atoms with van der Waals surface area (Å²) >= 11 is 1.64. The Morgan fingerprint density at radius 1 is 0.750 bits per heavy atom. The summed E-state index contributed by atoms with van der Waals surface area (Å²) in [5.41, 5.74) is 5.01. The minimum Gasteiger partial charge on any atom is -0.321 e. The molecule has 0 spiro atoms. The molecule has 28 heavy (non-hydrogen) atoms. The van der Waals surface area contributed by atoms with Crippen LogP contribution in [-0.4, -0.2) is 9.97 Å². The zero-order chi connectivity index (χ0) is 18.9. The van der Waals surface area contributed by atoms with Crippen molar-refractivity contribution in [1.82, 2.24) is 9.97 Å². The van der Waals surface area contributed by atoms with Crippen LogP contribution in [0.3, 0.4) is 0 Å². The number of H-pyrrole nitrogens is 1. The molecule has 0 fully saturated rings. The van der Waals surface area contributed by atoms with E-state index < -0.39 is 0 Å². The van der Waals surface area contributed by atoms with Crippen LogP contribution in [0.15, 0.2) is 95.1 Å². The molecule has 134 valence electrons. The van der Waals surface area contributed by atoms with Crippen LogP contribution in [0.2, 0.25) is 0 Å². The highest BCUT2D eigenvalue weighted by Gasteiger charge is 2.12. The number of nitrogens with zero attached hydrogens (tertiary/aromatic N) is 1. The maximum atomic E-state index is 12.8. The Bertz CT molecular complexity index is 1320. The lowest BCUT2D eigenvalue weighted by Crippen LogP contribution is -2.09. The Hall–Kier alpha value is -3.50. The van der Waals surface area contributed by atoms with Crippen LogP contribution in [0.1, 0.15) is 0 Å². The van der Waals surface area contributed by atoms with Gasteiger partial charge in [-0.25, -0.2) is 4.98 Å². The highest BCUT2D eigenvalue weighted by Crippen LogP contribution is 2.31. The van der Waals surface area contributed by atoms with Gasteiger partial charge in [0.25, 0.3) is 5.56 Å². The molecule has 5 rings (SSSR count). The molecule has 0 saturated heterocycles. The number of pyridine rings is 2. The molecule has 0 aliphatic rings. The quantitative estimate of drug-likeness (QED) is 0.418. The van der Waals surface area contributed by atoms with Crippen LogP contribution >= 0.6 is 11.3 Å². The molecular formula is C24H16N2OS. The van der Waals surface area contributed by atoms with Gasteiger partial charge in [-0.3, -0.25) is 4.79 Å². The molecular weight excluding hydrogens is 364 g/mol. The smallest absolute Gasteiger partial charge is 0.256 e. The molecule has 0 amide bonds. The summed E-state index contributed by atoms with van der Waals surface area (Å²) in [7, 11) is 0. The van der Waals surface area contributed by atoms with E-state index in [-0.39, 0.29) is 5.56 Å². The molecule has 0 atom stereocenters. The summed E-state index contributed by atoms with van der Waals surface area (Å²) in [4.78, 5) is 21.7. The van der Waals surface area contributed by atoms with Gasteiger partial charge in [-0.2, -0.15) is 0 Å². The Kier molecular flexibility index (Phi) is 4.11. The van der Waals surface area contributed by atoms with Gasteiger partial charge in [0.1, 0.15) is 0 Å². The lowest BCUT2D eigenvalue weighted by Gasteiger charge is -2.09. The number of aromatic nitrogens is 2. The van der Waals surface area contributed by atoms with Gasteiger partial charge in [0, 0.05) is 16.6 Å². The average Bonchev–Trinajstić information content (AvgIpc) is 3.28. The van der Waals surface area contributed by atoms with Crippen molar-refractivity contribution in [3.8, 4) is 33.0 Å². The van der Waals surface area contributed by atoms with E-state index in [1.807, 2.05) is 84.2 Å². The second kappa shape index (κ2) is 6.91. The first-order valence-electron chi connectivity index (χ1n) is 9.02. The fourth-order valence-corrected chi connectivity index (χ4v) is 4.04. The van der Waals surface area contributed by atoms with E-state index in [1.165, 1.54) is 0 Å². The monoisotopic (exact) mass is 380 g/mol. The normalized spacial score (nSPS) is 11.0. The molecule has 0 aliphatic carbocycles. The lowest BCUT2D eigenvalue weighted by molar-refractivity contribution is 1.29. The Labute approximate surface area is 166 Å². The highest BCUT2D eigenvalue weighted by atomic mass is 32.1. The van der Waals surface area contributed by atoms with Crippen molar-refractivity contribution < 1.29 is 0 Å². The van der Waals surface area contributed by atoms with E-state index in [0.717, 1.165) is 38.3 Å². The van der Waals surface area contributed by atoms with Gasteiger partial charge in [0.05, 0.1) is 16.3 Å². The van der Waals surface area contributed by atoms with E-state index in [1.54, 1.807) is 11.3 Å². The summed E-state index contributed by atoms with van der Waals surface area (Å²) in [6.45, 7) is 0. The SMILES string of the molecule is O=c1[nH]c2ccccc2cc1-c1cc(-c2ccccc2)nc(-c2cccs2)c1. The lowest BCUT2D eigenvalue weighted by atomic mass is 10.0. The van der Waals surface area contributed by atoms with Crippen LogP contribution in [0.25, 0.3) is 43.9 Å². The second-order valence-corrected chi connectivity index (χ2v) is 7.52. The van der Waals surface area contributed by atoms with E-state index in [9.17, 15) is 4.79 Å². The second-order valence-electron chi connectivity index (χ2n) is 6.57. The third kappa shape index (κ3) is 3.04. The fourth-order valence-electron chi connectivity index (χ4n) is 3.36. The van der Waals surface area contributed by atoms with Gasteiger partial charge in [-0.05, 0) is 46.7 Å². The number of rotatable bonds is 3. The average molecular weight is 380 g/mol. The maximum Gasteiger partial charge on any atom is 0.256 e. The molecule has 0 radical (unpaired) electrons. The molecule has 0 unspecified atom stereocenters. The van der Waals surface area contributed by atoms with Gasteiger partial charge < -0.3 is 4.98 Å². The fraction of sp³-hybridized carbons (Fsp3) is 0. The highest BCUT2D eigenvalue weighted by molar-refractivity contribution is 7.13. The topological polar surface area (TPSA) is 45.8 Å². The molecule has 5 aromatic rings. The van der Waals surface area contributed by atoms with Crippen molar-refractivity contribution in [1.29, 1.82) is 0 Å². The predicted molar refractivity (Wildman–Crippen MR) is 117 cm³/mol. The number of para-hydroxylation sites is 1. The number of hydrogen-bond donors (Lipinski definition) is 1. The Balaban J connectivity index is 1.76. The number of aromatic amines is 1. The third-order valence-corrected chi connectivity index (χ3v) is 5.63. The summed E-state index contributed by atoms with van der Waals surface area (Å²) in [6.07, 6.45) is 0. The van der Waals surface area contributed by atoms with E-state index >= 15 is 0 Å². The van der Waals surface area contributed by atoms with Crippen LogP contribution in [0.5, 0.6) is 0 Å². The van der Waals surface area contributed by atoms with Crippen LogP contribution < -0.4 is 5.56 Å². The van der Waals surface area contributed by atoms with Gasteiger partial charge >= 0.3 is 0 Å². The van der Waals surface area contributed by atoms with Crippen molar-refractivity contribution in [3.63, 3.8) is 0 Å². The zero-order valence-electron chi connectivity index (χ0n) is 14.9.